The van der Waals surface area contributed by atoms with Crippen molar-refractivity contribution in [2.75, 3.05) is 26.2 Å². The number of benzene rings is 1. The van der Waals surface area contributed by atoms with Gasteiger partial charge in [-0.05, 0) is 67.8 Å². The topological polar surface area (TPSA) is 29.3 Å². The molecule has 1 saturated heterocycles. The fourth-order valence-corrected chi connectivity index (χ4v) is 3.52. The minimum atomic E-state index is 0.782. The first-order chi connectivity index (χ1) is 8.86. The Hall–Kier alpha value is -0.860. The van der Waals surface area contributed by atoms with E-state index < -0.39 is 0 Å². The molecule has 0 saturated carbocycles. The number of nitrogens with zero attached hydrogens (tertiary/aromatic N) is 1. The van der Waals surface area contributed by atoms with Crippen LogP contribution in [0.25, 0.3) is 0 Å². The molecule has 2 nitrogen and oxygen atoms in total. The summed E-state index contributed by atoms with van der Waals surface area (Å²) in [4.78, 5) is 2.50. The van der Waals surface area contributed by atoms with E-state index in [9.17, 15) is 0 Å². The summed E-state index contributed by atoms with van der Waals surface area (Å²) >= 11 is 0. The van der Waals surface area contributed by atoms with E-state index in [2.05, 4.69) is 23.1 Å². The second-order valence-corrected chi connectivity index (χ2v) is 5.79. The molecule has 1 aliphatic carbocycles. The van der Waals surface area contributed by atoms with Gasteiger partial charge in [-0.3, -0.25) is 0 Å². The number of hydrogen-bond acceptors (Lipinski definition) is 2. The average Bonchev–Trinajstić information content (AvgIpc) is 2.87. The predicted octanol–water partition coefficient (Wildman–Crippen LogP) is 2.31. The molecule has 0 amide bonds. The lowest BCUT2D eigenvalue weighted by molar-refractivity contribution is 0.217. The van der Waals surface area contributed by atoms with Crippen molar-refractivity contribution < 1.29 is 0 Å². The van der Waals surface area contributed by atoms with E-state index in [1.807, 2.05) is 0 Å². The molecule has 2 aliphatic rings. The molecule has 18 heavy (non-hydrogen) atoms. The van der Waals surface area contributed by atoms with Crippen molar-refractivity contribution in [1.29, 1.82) is 0 Å². The van der Waals surface area contributed by atoms with Crippen LogP contribution in [0.2, 0.25) is 0 Å². The van der Waals surface area contributed by atoms with Gasteiger partial charge in [0.05, 0.1) is 0 Å². The van der Waals surface area contributed by atoms with Gasteiger partial charge >= 0.3 is 0 Å². The monoisotopic (exact) mass is 244 g/mol. The Labute approximate surface area is 110 Å². The molecular weight excluding hydrogens is 220 g/mol. The standard InChI is InChI=1S/C16H24N2/c17-8-11-18-9-6-14(7-10-18)16-5-4-13-2-1-3-15(13)12-16/h4-5,12,14H,1-3,6-11,17H2. The molecule has 0 unspecified atom stereocenters. The third-order valence-corrected chi connectivity index (χ3v) is 4.63. The fraction of sp³-hybridized carbons (Fsp3) is 0.625. The smallest absolute Gasteiger partial charge is 0.0105 e. The van der Waals surface area contributed by atoms with Gasteiger partial charge in [-0.1, -0.05) is 18.2 Å². The van der Waals surface area contributed by atoms with Crippen molar-refractivity contribution in [1.82, 2.24) is 4.90 Å². The highest BCUT2D eigenvalue weighted by Crippen LogP contribution is 2.31. The molecule has 1 aliphatic heterocycles. The molecule has 1 aromatic carbocycles. The number of hydrogen-bond donors (Lipinski definition) is 1. The van der Waals surface area contributed by atoms with E-state index in [-0.39, 0.29) is 0 Å². The van der Waals surface area contributed by atoms with Gasteiger partial charge in [0, 0.05) is 13.1 Å². The zero-order valence-corrected chi connectivity index (χ0v) is 11.2. The van der Waals surface area contributed by atoms with Crippen LogP contribution in [0.15, 0.2) is 18.2 Å². The lowest BCUT2D eigenvalue weighted by Crippen LogP contribution is -2.36. The summed E-state index contributed by atoms with van der Waals surface area (Å²) in [6.07, 6.45) is 6.56. The number of fused-ring (bicyclic) bond motifs is 1. The minimum Gasteiger partial charge on any atom is -0.329 e. The molecule has 2 N–H and O–H groups in total. The number of rotatable bonds is 3. The lowest BCUT2D eigenvalue weighted by Gasteiger charge is -2.32. The molecule has 1 heterocycles. The van der Waals surface area contributed by atoms with Gasteiger partial charge in [0.15, 0.2) is 0 Å². The van der Waals surface area contributed by atoms with Crippen LogP contribution in [0.3, 0.4) is 0 Å². The number of nitrogens with two attached hydrogens (primary N) is 1. The summed E-state index contributed by atoms with van der Waals surface area (Å²) in [7, 11) is 0. The van der Waals surface area contributed by atoms with Crippen molar-refractivity contribution in [3.8, 4) is 0 Å². The van der Waals surface area contributed by atoms with Gasteiger partial charge in [-0.2, -0.15) is 0 Å². The first-order valence-corrected chi connectivity index (χ1v) is 7.41. The summed E-state index contributed by atoms with van der Waals surface area (Å²) in [6.45, 7) is 4.30. The Kier molecular flexibility index (Phi) is 3.67. The molecule has 0 radical (unpaired) electrons. The SMILES string of the molecule is NCCN1CCC(c2ccc3c(c2)CCC3)CC1. The van der Waals surface area contributed by atoms with Gasteiger partial charge in [0.2, 0.25) is 0 Å². The molecule has 1 aromatic rings. The van der Waals surface area contributed by atoms with E-state index >= 15 is 0 Å². The van der Waals surface area contributed by atoms with Crippen LogP contribution in [0.5, 0.6) is 0 Å². The van der Waals surface area contributed by atoms with Crippen LogP contribution in [-0.4, -0.2) is 31.1 Å². The second kappa shape index (κ2) is 5.41. The number of likely N-dealkylation sites (tertiary alicyclic amines) is 1. The largest absolute Gasteiger partial charge is 0.329 e. The highest BCUT2D eigenvalue weighted by atomic mass is 15.1. The molecule has 2 heteroatoms. The van der Waals surface area contributed by atoms with Crippen LogP contribution < -0.4 is 5.73 Å². The van der Waals surface area contributed by atoms with Crippen LogP contribution in [-0.2, 0) is 12.8 Å². The summed E-state index contributed by atoms with van der Waals surface area (Å²) in [5, 5.41) is 0. The zero-order chi connectivity index (χ0) is 12.4. The highest BCUT2D eigenvalue weighted by Gasteiger charge is 2.21. The Morgan fingerprint density at radius 1 is 1.11 bits per heavy atom. The quantitative estimate of drug-likeness (QED) is 0.884. The van der Waals surface area contributed by atoms with Gasteiger partial charge in [-0.15, -0.1) is 0 Å². The zero-order valence-electron chi connectivity index (χ0n) is 11.2. The first-order valence-electron chi connectivity index (χ1n) is 7.41. The molecule has 0 spiro atoms. The van der Waals surface area contributed by atoms with Crippen LogP contribution in [0, 0.1) is 0 Å². The van der Waals surface area contributed by atoms with Gasteiger partial charge in [0.1, 0.15) is 0 Å². The molecular formula is C16H24N2. The van der Waals surface area contributed by atoms with E-state index in [1.165, 1.54) is 45.2 Å². The second-order valence-electron chi connectivity index (χ2n) is 5.79. The molecule has 1 fully saturated rings. The van der Waals surface area contributed by atoms with Crippen LogP contribution in [0.1, 0.15) is 41.9 Å². The maximum atomic E-state index is 5.62. The number of piperidine rings is 1. The van der Waals surface area contributed by atoms with E-state index in [4.69, 9.17) is 5.73 Å². The third kappa shape index (κ3) is 2.45. The van der Waals surface area contributed by atoms with Crippen molar-refractivity contribution in [2.45, 2.75) is 38.0 Å². The normalized spacial score (nSPS) is 21.2. The van der Waals surface area contributed by atoms with Gasteiger partial charge in [-0.25, -0.2) is 0 Å². The molecule has 0 atom stereocenters. The van der Waals surface area contributed by atoms with Gasteiger partial charge < -0.3 is 10.6 Å². The van der Waals surface area contributed by atoms with E-state index in [1.54, 1.807) is 16.7 Å². The molecule has 0 aromatic heterocycles. The first kappa shape index (κ1) is 12.2. The van der Waals surface area contributed by atoms with Crippen molar-refractivity contribution in [3.05, 3.63) is 34.9 Å². The Bertz CT molecular complexity index is 406. The maximum Gasteiger partial charge on any atom is 0.0105 e. The number of aryl methyl sites for hydroxylation is 2. The van der Waals surface area contributed by atoms with Crippen LogP contribution >= 0.6 is 0 Å². The molecule has 0 bridgehead atoms. The predicted molar refractivity (Wildman–Crippen MR) is 75.9 cm³/mol. The van der Waals surface area contributed by atoms with E-state index in [0.29, 0.717) is 0 Å². The Morgan fingerprint density at radius 2 is 1.89 bits per heavy atom. The summed E-state index contributed by atoms with van der Waals surface area (Å²) < 4.78 is 0. The Balaban J connectivity index is 1.66. The van der Waals surface area contributed by atoms with Crippen molar-refractivity contribution in [3.63, 3.8) is 0 Å². The van der Waals surface area contributed by atoms with Crippen LogP contribution in [0.4, 0.5) is 0 Å². The maximum absolute atomic E-state index is 5.62. The fourth-order valence-electron chi connectivity index (χ4n) is 3.52. The third-order valence-electron chi connectivity index (χ3n) is 4.63. The molecule has 98 valence electrons. The summed E-state index contributed by atoms with van der Waals surface area (Å²) in [6, 6.07) is 7.25. The van der Waals surface area contributed by atoms with E-state index in [0.717, 1.165) is 19.0 Å². The van der Waals surface area contributed by atoms with Crippen molar-refractivity contribution in [2.24, 2.45) is 5.73 Å². The van der Waals surface area contributed by atoms with Crippen molar-refractivity contribution >= 4 is 0 Å². The highest BCUT2D eigenvalue weighted by molar-refractivity contribution is 5.36. The summed E-state index contributed by atoms with van der Waals surface area (Å²) in [5.74, 6) is 0.782. The Morgan fingerprint density at radius 3 is 2.67 bits per heavy atom. The summed E-state index contributed by atoms with van der Waals surface area (Å²) in [5.41, 5.74) is 10.4. The van der Waals surface area contributed by atoms with Gasteiger partial charge in [0.25, 0.3) is 0 Å². The molecule has 3 rings (SSSR count). The average molecular weight is 244 g/mol. The lowest BCUT2D eigenvalue weighted by atomic mass is 9.88. The minimum absolute atomic E-state index is 0.782.